The van der Waals surface area contributed by atoms with Gasteiger partial charge in [0.05, 0.1) is 5.88 Å². The topological polar surface area (TPSA) is 44.1 Å². The molecule has 1 saturated heterocycles. The summed E-state index contributed by atoms with van der Waals surface area (Å²) in [7, 11) is 0. The lowest BCUT2D eigenvalue weighted by atomic mass is 10.6. The van der Waals surface area contributed by atoms with Crippen LogP contribution in [-0.4, -0.2) is 29.1 Å². The minimum atomic E-state index is -0.546. The van der Waals surface area contributed by atoms with E-state index in [0.717, 1.165) is 12.3 Å². The molecule has 1 fully saturated rings. The summed E-state index contributed by atoms with van der Waals surface area (Å²) in [5, 5.41) is 0. The molecule has 1 N–H and O–H groups in total. The normalized spacial score (nSPS) is 19.2. The highest BCUT2D eigenvalue weighted by Crippen LogP contribution is 2.11. The van der Waals surface area contributed by atoms with E-state index < -0.39 is 6.03 Å². The van der Waals surface area contributed by atoms with Gasteiger partial charge in [-0.05, 0) is 0 Å². The summed E-state index contributed by atoms with van der Waals surface area (Å²) in [5.41, 5.74) is 6.65. The van der Waals surface area contributed by atoms with Crippen LogP contribution in [0.15, 0.2) is 0 Å². The summed E-state index contributed by atoms with van der Waals surface area (Å²) < 4.78 is 0. The Morgan fingerprint density at radius 3 is 2.75 bits per heavy atom. The monoisotopic (exact) mass is 131 g/mol. The molecule has 1 heterocycles. The molecular formula is C4H7N2OS. The summed E-state index contributed by atoms with van der Waals surface area (Å²) in [6, 6.07) is -0.546. The van der Waals surface area contributed by atoms with Crippen molar-refractivity contribution < 1.29 is 4.79 Å². The van der Waals surface area contributed by atoms with Crippen LogP contribution in [0.1, 0.15) is 0 Å². The third-order valence-electron chi connectivity index (χ3n) is 1.04. The van der Waals surface area contributed by atoms with E-state index in [1.807, 2.05) is 0 Å². The van der Waals surface area contributed by atoms with Crippen molar-refractivity contribution in [3.63, 3.8) is 0 Å². The summed E-state index contributed by atoms with van der Waals surface area (Å²) in [4.78, 5) is 11.7. The second-order valence-electron chi connectivity index (χ2n) is 1.61. The maximum atomic E-state index is 10.2. The van der Waals surface area contributed by atoms with Crippen LogP contribution in [0.25, 0.3) is 0 Å². The predicted molar refractivity (Wildman–Crippen MR) is 32.5 cm³/mol. The number of urea groups is 1. The lowest BCUT2D eigenvalue weighted by Gasteiger charge is -2.07. The standard InChI is InChI=1S/C4H7N2OS/c5-4(7)6-1-2-8-3-6/h5H,1-3H2. The van der Waals surface area contributed by atoms with Gasteiger partial charge in [-0.25, -0.2) is 10.5 Å². The first kappa shape index (κ1) is 5.75. The third kappa shape index (κ3) is 1.06. The molecule has 1 rings (SSSR count). The van der Waals surface area contributed by atoms with E-state index in [4.69, 9.17) is 5.73 Å². The SMILES string of the molecule is [NH]C(=O)N1CCSC1. The Hall–Kier alpha value is -0.380. The van der Waals surface area contributed by atoms with Crippen molar-refractivity contribution in [3.8, 4) is 0 Å². The van der Waals surface area contributed by atoms with Gasteiger partial charge in [0.15, 0.2) is 0 Å². The van der Waals surface area contributed by atoms with Gasteiger partial charge in [-0.15, -0.1) is 11.8 Å². The molecule has 1 aliphatic rings. The average molecular weight is 131 g/mol. The highest BCUT2D eigenvalue weighted by atomic mass is 32.2. The Kier molecular flexibility index (Phi) is 1.62. The summed E-state index contributed by atoms with van der Waals surface area (Å²) in [6.45, 7) is 0.757. The van der Waals surface area contributed by atoms with Crippen LogP contribution in [0.4, 0.5) is 4.79 Å². The van der Waals surface area contributed by atoms with Crippen LogP contribution in [-0.2, 0) is 0 Å². The third-order valence-corrected chi connectivity index (χ3v) is 2.01. The highest BCUT2D eigenvalue weighted by molar-refractivity contribution is 7.99. The van der Waals surface area contributed by atoms with Gasteiger partial charge in [-0.2, -0.15) is 0 Å². The fourth-order valence-corrected chi connectivity index (χ4v) is 1.52. The lowest BCUT2D eigenvalue weighted by Crippen LogP contribution is -2.26. The number of carbonyl (C=O) groups excluding carboxylic acids is 1. The number of nitrogens with one attached hydrogen (secondary N) is 1. The fourth-order valence-electron chi connectivity index (χ4n) is 0.574. The van der Waals surface area contributed by atoms with E-state index in [-0.39, 0.29) is 0 Å². The van der Waals surface area contributed by atoms with E-state index in [1.165, 1.54) is 4.90 Å². The van der Waals surface area contributed by atoms with Crippen molar-refractivity contribution in [1.82, 2.24) is 10.6 Å². The zero-order valence-electron chi connectivity index (χ0n) is 4.39. The minimum absolute atomic E-state index is 0.546. The molecule has 0 aliphatic carbocycles. The van der Waals surface area contributed by atoms with Gasteiger partial charge in [-0.1, -0.05) is 0 Å². The highest BCUT2D eigenvalue weighted by Gasteiger charge is 2.14. The quantitative estimate of drug-likeness (QED) is 0.477. The van der Waals surface area contributed by atoms with E-state index in [1.54, 1.807) is 11.8 Å². The van der Waals surface area contributed by atoms with Crippen molar-refractivity contribution >= 4 is 17.8 Å². The van der Waals surface area contributed by atoms with Gasteiger partial charge >= 0.3 is 6.03 Å². The van der Waals surface area contributed by atoms with Crippen LogP contribution < -0.4 is 5.73 Å². The predicted octanol–water partition coefficient (Wildman–Crippen LogP) is 0.396. The Labute approximate surface area is 52.2 Å². The number of amides is 2. The van der Waals surface area contributed by atoms with E-state index >= 15 is 0 Å². The zero-order chi connectivity index (χ0) is 5.98. The number of hydrogen-bond acceptors (Lipinski definition) is 2. The van der Waals surface area contributed by atoms with E-state index in [2.05, 4.69) is 0 Å². The summed E-state index contributed by atoms with van der Waals surface area (Å²) in [5.74, 6) is 1.70. The van der Waals surface area contributed by atoms with Gasteiger partial charge in [0, 0.05) is 12.3 Å². The van der Waals surface area contributed by atoms with E-state index in [0.29, 0.717) is 5.88 Å². The first-order chi connectivity index (χ1) is 3.80. The second kappa shape index (κ2) is 2.26. The number of carbonyl (C=O) groups is 1. The minimum Gasteiger partial charge on any atom is -0.313 e. The summed E-state index contributed by atoms with van der Waals surface area (Å²) >= 11 is 1.70. The van der Waals surface area contributed by atoms with Crippen molar-refractivity contribution in [2.75, 3.05) is 18.2 Å². The first-order valence-electron chi connectivity index (χ1n) is 2.39. The maximum Gasteiger partial charge on any atom is 0.336 e. The van der Waals surface area contributed by atoms with Crippen LogP contribution in [0, 0.1) is 0 Å². The number of thioether (sulfide) groups is 1. The van der Waals surface area contributed by atoms with Crippen LogP contribution in [0.5, 0.6) is 0 Å². The largest absolute Gasteiger partial charge is 0.336 e. The first-order valence-corrected chi connectivity index (χ1v) is 3.54. The Balaban J connectivity index is 2.35. The number of rotatable bonds is 0. The molecule has 8 heavy (non-hydrogen) atoms. The van der Waals surface area contributed by atoms with Gasteiger partial charge in [0.25, 0.3) is 0 Å². The average Bonchev–Trinajstić information content (AvgIpc) is 2.12. The molecule has 4 heteroatoms. The number of hydrogen-bond donors (Lipinski definition) is 0. The molecule has 0 unspecified atom stereocenters. The molecule has 0 spiro atoms. The molecule has 1 radical (unpaired) electrons. The molecule has 3 nitrogen and oxygen atoms in total. The maximum absolute atomic E-state index is 10.2. The van der Waals surface area contributed by atoms with Gasteiger partial charge in [-0.3, -0.25) is 0 Å². The van der Waals surface area contributed by atoms with Crippen molar-refractivity contribution in [2.45, 2.75) is 0 Å². The molecule has 2 amide bonds. The van der Waals surface area contributed by atoms with Gasteiger partial charge < -0.3 is 4.90 Å². The van der Waals surface area contributed by atoms with Gasteiger partial charge in [0.2, 0.25) is 0 Å². The van der Waals surface area contributed by atoms with E-state index in [9.17, 15) is 4.79 Å². The van der Waals surface area contributed by atoms with Crippen molar-refractivity contribution in [3.05, 3.63) is 0 Å². The van der Waals surface area contributed by atoms with Crippen LogP contribution in [0.2, 0.25) is 0 Å². The summed E-state index contributed by atoms with van der Waals surface area (Å²) in [6.07, 6.45) is 0. The Morgan fingerprint density at radius 1 is 1.75 bits per heavy atom. The van der Waals surface area contributed by atoms with Crippen molar-refractivity contribution in [1.29, 1.82) is 0 Å². The fraction of sp³-hybridized carbons (Fsp3) is 0.750. The van der Waals surface area contributed by atoms with Crippen LogP contribution >= 0.6 is 11.8 Å². The molecule has 0 bridgehead atoms. The molecule has 0 aromatic carbocycles. The Bertz CT molecular complexity index is 100. The van der Waals surface area contributed by atoms with Crippen molar-refractivity contribution in [2.24, 2.45) is 0 Å². The Morgan fingerprint density at radius 2 is 2.50 bits per heavy atom. The molecule has 0 atom stereocenters. The molecule has 0 aromatic rings. The number of nitrogens with zero attached hydrogens (tertiary/aromatic N) is 1. The van der Waals surface area contributed by atoms with Crippen LogP contribution in [0.3, 0.4) is 0 Å². The van der Waals surface area contributed by atoms with Gasteiger partial charge in [0.1, 0.15) is 0 Å². The molecule has 0 saturated carbocycles. The molecular weight excluding hydrogens is 124 g/mol. The molecule has 0 aromatic heterocycles. The molecule has 45 valence electrons. The smallest absolute Gasteiger partial charge is 0.313 e. The molecule has 1 aliphatic heterocycles. The zero-order valence-corrected chi connectivity index (χ0v) is 5.20. The second-order valence-corrected chi connectivity index (χ2v) is 2.68. The lowest BCUT2D eigenvalue weighted by molar-refractivity contribution is 0.219.